The highest BCUT2D eigenvalue weighted by atomic mass is 79.9. The van der Waals surface area contributed by atoms with Crippen molar-refractivity contribution in [2.24, 2.45) is 0 Å². The fourth-order valence-corrected chi connectivity index (χ4v) is 3.45. The van der Waals surface area contributed by atoms with Gasteiger partial charge in [-0.1, -0.05) is 11.6 Å². The first-order valence-corrected chi connectivity index (χ1v) is 7.31. The van der Waals surface area contributed by atoms with Crippen LogP contribution in [-0.4, -0.2) is 28.6 Å². The third-order valence-corrected chi connectivity index (χ3v) is 4.71. The summed E-state index contributed by atoms with van der Waals surface area (Å²) in [6, 6.07) is 1.90. The fraction of sp³-hybridized carbons (Fsp3) is 0.364. The van der Waals surface area contributed by atoms with E-state index in [4.69, 9.17) is 16.3 Å². The number of halogens is 2. The van der Waals surface area contributed by atoms with Crippen molar-refractivity contribution in [3.05, 3.63) is 37.7 Å². The van der Waals surface area contributed by atoms with Gasteiger partial charge >= 0.3 is 0 Å². The highest BCUT2D eigenvalue weighted by Gasteiger charge is 2.22. The molecule has 4 nitrogen and oxygen atoms in total. The molecule has 0 saturated heterocycles. The predicted molar refractivity (Wildman–Crippen MR) is 75.2 cm³/mol. The van der Waals surface area contributed by atoms with Crippen molar-refractivity contribution in [2.45, 2.75) is 12.6 Å². The summed E-state index contributed by atoms with van der Waals surface area (Å²) in [5.74, 6) is 0. The van der Waals surface area contributed by atoms with E-state index in [1.807, 2.05) is 11.4 Å². The second-order valence-corrected chi connectivity index (χ2v) is 5.84. The highest BCUT2D eigenvalue weighted by molar-refractivity contribution is 9.10. The molecule has 1 unspecified atom stereocenters. The molecule has 0 aliphatic carbocycles. The largest absolute Gasteiger partial charge is 0.383 e. The molecule has 2 aromatic heterocycles. The fourth-order valence-electron chi connectivity index (χ4n) is 1.62. The Bertz CT molecular complexity index is 529. The van der Waals surface area contributed by atoms with E-state index in [9.17, 15) is 5.11 Å². The maximum atomic E-state index is 10.4. The Balaban J connectivity index is 2.32. The molecule has 1 N–H and O–H groups in total. The van der Waals surface area contributed by atoms with Gasteiger partial charge in [-0.2, -0.15) is 5.10 Å². The van der Waals surface area contributed by atoms with E-state index in [2.05, 4.69) is 21.0 Å². The molecule has 2 aromatic rings. The van der Waals surface area contributed by atoms with Gasteiger partial charge in [0.2, 0.25) is 0 Å². The third kappa shape index (κ3) is 2.78. The summed E-state index contributed by atoms with van der Waals surface area (Å²) in [6.07, 6.45) is 0.753. The molecule has 0 aliphatic rings. The van der Waals surface area contributed by atoms with Crippen LogP contribution in [0.2, 0.25) is 5.02 Å². The zero-order valence-corrected chi connectivity index (χ0v) is 12.8. The molecule has 0 saturated carbocycles. The monoisotopic (exact) mass is 350 g/mol. The summed E-state index contributed by atoms with van der Waals surface area (Å²) in [4.78, 5) is 0.816. The minimum Gasteiger partial charge on any atom is -0.383 e. The second-order valence-electron chi connectivity index (χ2n) is 3.63. The smallest absolute Gasteiger partial charge is 0.132 e. The van der Waals surface area contributed by atoms with Gasteiger partial charge in [-0.05, 0) is 27.4 Å². The summed E-state index contributed by atoms with van der Waals surface area (Å²) in [7, 11) is 1.62. The Hall–Kier alpha value is -0.400. The molecule has 0 fully saturated rings. The van der Waals surface area contributed by atoms with Crippen LogP contribution in [0.15, 0.2) is 22.1 Å². The summed E-state index contributed by atoms with van der Waals surface area (Å²) >= 11 is 11.0. The van der Waals surface area contributed by atoms with E-state index in [1.54, 1.807) is 11.8 Å². The van der Waals surface area contributed by atoms with E-state index < -0.39 is 6.10 Å². The molecule has 0 aliphatic heterocycles. The molecule has 18 heavy (non-hydrogen) atoms. The van der Waals surface area contributed by atoms with Crippen molar-refractivity contribution in [3.63, 3.8) is 0 Å². The van der Waals surface area contributed by atoms with Gasteiger partial charge in [-0.3, -0.25) is 4.68 Å². The van der Waals surface area contributed by atoms with E-state index in [0.717, 1.165) is 9.35 Å². The average Bonchev–Trinajstić information content (AvgIpc) is 2.92. The summed E-state index contributed by atoms with van der Waals surface area (Å²) in [6.45, 7) is 1.07. The van der Waals surface area contributed by atoms with E-state index in [0.29, 0.717) is 23.9 Å². The van der Waals surface area contributed by atoms with Crippen molar-refractivity contribution in [3.8, 4) is 0 Å². The van der Waals surface area contributed by atoms with Crippen LogP contribution in [0.3, 0.4) is 0 Å². The highest BCUT2D eigenvalue weighted by Crippen LogP contribution is 2.35. The molecule has 2 rings (SSSR count). The Kier molecular flexibility index (Phi) is 4.80. The van der Waals surface area contributed by atoms with Crippen LogP contribution in [0.5, 0.6) is 0 Å². The number of hydrogen-bond acceptors (Lipinski definition) is 4. The van der Waals surface area contributed by atoms with Crippen LogP contribution in [0.25, 0.3) is 0 Å². The van der Waals surface area contributed by atoms with Crippen molar-refractivity contribution < 1.29 is 9.84 Å². The van der Waals surface area contributed by atoms with E-state index in [-0.39, 0.29) is 0 Å². The van der Waals surface area contributed by atoms with Gasteiger partial charge < -0.3 is 9.84 Å². The second kappa shape index (κ2) is 6.16. The van der Waals surface area contributed by atoms with E-state index in [1.165, 1.54) is 17.5 Å². The zero-order valence-electron chi connectivity index (χ0n) is 9.64. The first-order valence-electron chi connectivity index (χ1n) is 5.26. The maximum absolute atomic E-state index is 10.4. The summed E-state index contributed by atoms with van der Waals surface area (Å²) < 4.78 is 7.55. The molecule has 0 bridgehead atoms. The van der Waals surface area contributed by atoms with Gasteiger partial charge in [0.15, 0.2) is 0 Å². The molecule has 0 aromatic carbocycles. The maximum Gasteiger partial charge on any atom is 0.132 e. The standard InChI is InChI=1S/C11H12BrClN2O2S/c1-17-4-3-15-9(8(13)6-14-15)10(16)11-7(12)2-5-18-11/h2,5-6,10,16H,3-4H2,1H3. The number of rotatable bonds is 5. The number of hydrogen-bond donors (Lipinski definition) is 1. The van der Waals surface area contributed by atoms with Gasteiger partial charge in [0, 0.05) is 11.6 Å². The molecule has 7 heteroatoms. The van der Waals surface area contributed by atoms with Crippen molar-refractivity contribution in [1.82, 2.24) is 9.78 Å². The third-order valence-electron chi connectivity index (χ3n) is 2.49. The number of methoxy groups -OCH3 is 1. The molecular weight excluding hydrogens is 340 g/mol. The Morgan fingerprint density at radius 1 is 1.67 bits per heavy atom. The number of ether oxygens (including phenoxy) is 1. The van der Waals surface area contributed by atoms with Crippen molar-refractivity contribution in [2.75, 3.05) is 13.7 Å². The lowest BCUT2D eigenvalue weighted by Crippen LogP contribution is -2.13. The van der Waals surface area contributed by atoms with Gasteiger partial charge in [0.1, 0.15) is 6.10 Å². The van der Waals surface area contributed by atoms with Crippen molar-refractivity contribution in [1.29, 1.82) is 0 Å². The summed E-state index contributed by atoms with van der Waals surface area (Å²) in [5.41, 5.74) is 0.594. The van der Waals surface area contributed by atoms with Crippen LogP contribution < -0.4 is 0 Å². The quantitative estimate of drug-likeness (QED) is 0.900. The number of aromatic nitrogens is 2. The Morgan fingerprint density at radius 2 is 2.44 bits per heavy atom. The number of nitrogens with zero attached hydrogens (tertiary/aromatic N) is 2. The molecule has 0 radical (unpaired) electrons. The van der Waals surface area contributed by atoms with Crippen LogP contribution in [0.1, 0.15) is 16.7 Å². The molecular formula is C11H12BrClN2O2S. The zero-order chi connectivity index (χ0) is 13.1. The van der Waals surface area contributed by atoms with Crippen LogP contribution in [-0.2, 0) is 11.3 Å². The van der Waals surface area contributed by atoms with Crippen LogP contribution >= 0.6 is 38.9 Å². The molecule has 0 amide bonds. The number of aliphatic hydroxyl groups is 1. The molecule has 2 heterocycles. The SMILES string of the molecule is COCCn1ncc(Cl)c1C(O)c1sccc1Br. The molecule has 98 valence electrons. The minimum atomic E-state index is -0.786. The Labute approximate surface area is 122 Å². The molecule has 1 atom stereocenters. The van der Waals surface area contributed by atoms with Crippen LogP contribution in [0, 0.1) is 0 Å². The normalized spacial score (nSPS) is 12.9. The van der Waals surface area contributed by atoms with Gasteiger partial charge in [0.25, 0.3) is 0 Å². The lowest BCUT2D eigenvalue weighted by atomic mass is 10.2. The molecule has 0 spiro atoms. The van der Waals surface area contributed by atoms with Gasteiger partial charge in [0.05, 0.1) is 34.9 Å². The topological polar surface area (TPSA) is 47.3 Å². The Morgan fingerprint density at radius 3 is 3.06 bits per heavy atom. The number of thiophene rings is 1. The van der Waals surface area contributed by atoms with Gasteiger partial charge in [-0.25, -0.2) is 0 Å². The van der Waals surface area contributed by atoms with Gasteiger partial charge in [-0.15, -0.1) is 11.3 Å². The number of aliphatic hydroxyl groups excluding tert-OH is 1. The first kappa shape index (κ1) is 14.0. The predicted octanol–water partition coefficient (Wildman–Crippen LogP) is 3.09. The lowest BCUT2D eigenvalue weighted by Gasteiger charge is -2.13. The van der Waals surface area contributed by atoms with Crippen LogP contribution in [0.4, 0.5) is 0 Å². The minimum absolute atomic E-state index is 0.457. The average molecular weight is 352 g/mol. The first-order chi connectivity index (χ1) is 8.65. The lowest BCUT2D eigenvalue weighted by molar-refractivity contribution is 0.172. The van der Waals surface area contributed by atoms with Crippen molar-refractivity contribution >= 4 is 38.9 Å². The summed E-state index contributed by atoms with van der Waals surface area (Å²) in [5, 5.41) is 16.9. The van der Waals surface area contributed by atoms with E-state index >= 15 is 0 Å².